The number of aromatic nitrogens is 2. The Labute approximate surface area is 183 Å². The van der Waals surface area contributed by atoms with E-state index in [4.69, 9.17) is 27.9 Å². The van der Waals surface area contributed by atoms with Gasteiger partial charge < -0.3 is 4.74 Å². The van der Waals surface area contributed by atoms with Gasteiger partial charge in [0.25, 0.3) is 0 Å². The highest BCUT2D eigenvalue weighted by Crippen LogP contribution is 2.33. The molecule has 2 aromatic heterocycles. The highest BCUT2D eigenvalue weighted by molar-refractivity contribution is 7.84. The third kappa shape index (κ3) is 5.45. The maximum Gasteiger partial charge on any atom is 0.140 e. The van der Waals surface area contributed by atoms with E-state index in [-0.39, 0.29) is 10.8 Å². The molecular formula is C21H23Cl2N3O2S. The van der Waals surface area contributed by atoms with Crippen molar-refractivity contribution in [2.24, 2.45) is 0 Å². The number of nitrogens with one attached hydrogen (secondary N) is 1. The van der Waals surface area contributed by atoms with E-state index in [9.17, 15) is 4.21 Å². The number of halogens is 2. The first-order chi connectivity index (χ1) is 13.6. The summed E-state index contributed by atoms with van der Waals surface area (Å²) in [6.07, 6.45) is 1.71. The van der Waals surface area contributed by atoms with Crippen LogP contribution in [-0.2, 0) is 17.6 Å². The van der Waals surface area contributed by atoms with Crippen LogP contribution in [0.2, 0.25) is 10.2 Å². The van der Waals surface area contributed by atoms with Crippen molar-refractivity contribution in [2.45, 2.75) is 45.1 Å². The molecule has 29 heavy (non-hydrogen) atoms. The predicted octanol–water partition coefficient (Wildman–Crippen LogP) is 5.63. The van der Waals surface area contributed by atoms with Crippen LogP contribution in [-0.4, -0.2) is 18.9 Å². The molecule has 3 aromatic rings. The van der Waals surface area contributed by atoms with Crippen LogP contribution in [0.25, 0.3) is 10.9 Å². The molecule has 1 N–H and O–H groups in total. The Balaban J connectivity index is 1.85. The van der Waals surface area contributed by atoms with E-state index in [2.05, 4.69) is 14.7 Å². The highest BCUT2D eigenvalue weighted by Gasteiger charge is 2.23. The van der Waals surface area contributed by atoms with Gasteiger partial charge in [-0.25, -0.2) is 13.9 Å². The van der Waals surface area contributed by atoms with E-state index in [0.29, 0.717) is 28.0 Å². The van der Waals surface area contributed by atoms with Gasteiger partial charge in [-0.05, 0) is 52.0 Å². The quantitative estimate of drug-likeness (QED) is 0.493. The number of nitrogens with zero attached hydrogens (tertiary/aromatic N) is 2. The van der Waals surface area contributed by atoms with Crippen LogP contribution in [0.15, 0.2) is 42.6 Å². The van der Waals surface area contributed by atoms with Gasteiger partial charge in [-0.2, -0.15) is 0 Å². The first-order valence-corrected chi connectivity index (χ1v) is 11.1. The van der Waals surface area contributed by atoms with Gasteiger partial charge in [0, 0.05) is 29.3 Å². The number of hydrogen-bond acceptors (Lipinski definition) is 4. The molecule has 2 atom stereocenters. The molecule has 0 saturated heterocycles. The van der Waals surface area contributed by atoms with Gasteiger partial charge in [-0.3, -0.25) is 4.98 Å². The lowest BCUT2D eigenvalue weighted by atomic mass is 10.1. The van der Waals surface area contributed by atoms with Gasteiger partial charge in [0.2, 0.25) is 0 Å². The molecule has 154 valence electrons. The van der Waals surface area contributed by atoms with E-state index in [1.165, 1.54) is 0 Å². The highest BCUT2D eigenvalue weighted by atomic mass is 35.5. The maximum atomic E-state index is 12.4. The lowest BCUT2D eigenvalue weighted by Crippen LogP contribution is -2.34. The average molecular weight is 452 g/mol. The summed E-state index contributed by atoms with van der Waals surface area (Å²) in [6, 6.07) is 10.9. The summed E-state index contributed by atoms with van der Waals surface area (Å²) >= 11 is 12.8. The van der Waals surface area contributed by atoms with Gasteiger partial charge in [0.15, 0.2) is 0 Å². The minimum Gasteiger partial charge on any atom is -0.486 e. The minimum atomic E-state index is -1.23. The average Bonchev–Trinajstić information content (AvgIpc) is 2.66. The molecule has 3 rings (SSSR count). The zero-order valence-electron chi connectivity index (χ0n) is 16.7. The fraction of sp³-hybridized carbons (Fsp3) is 0.333. The molecule has 0 fully saturated rings. The molecule has 0 amide bonds. The van der Waals surface area contributed by atoms with E-state index >= 15 is 0 Å². The Bertz CT molecular complexity index is 1040. The number of ether oxygens (including phenoxy) is 1. The molecule has 2 heterocycles. The number of benzene rings is 1. The zero-order chi connectivity index (χ0) is 21.2. The Morgan fingerprint density at radius 3 is 2.62 bits per heavy atom. The van der Waals surface area contributed by atoms with Gasteiger partial charge in [0.1, 0.15) is 17.5 Å². The van der Waals surface area contributed by atoms with Crippen molar-refractivity contribution in [3.8, 4) is 5.75 Å². The second-order valence-electron chi connectivity index (χ2n) is 7.67. The van der Waals surface area contributed by atoms with Crippen molar-refractivity contribution >= 4 is 45.1 Å². The molecule has 2 unspecified atom stereocenters. The molecule has 0 bridgehead atoms. The van der Waals surface area contributed by atoms with Crippen LogP contribution in [0.3, 0.4) is 0 Å². The summed E-state index contributed by atoms with van der Waals surface area (Å²) in [5, 5.41) is 1.65. The van der Waals surface area contributed by atoms with Crippen molar-refractivity contribution in [3.63, 3.8) is 0 Å². The largest absolute Gasteiger partial charge is 0.486 e. The van der Waals surface area contributed by atoms with Gasteiger partial charge in [-0.1, -0.05) is 29.3 Å². The number of rotatable bonds is 6. The molecule has 0 aliphatic carbocycles. The smallest absolute Gasteiger partial charge is 0.140 e. The van der Waals surface area contributed by atoms with Crippen LogP contribution < -0.4 is 9.46 Å². The standard InChI is InChI=1S/C21H23Cl2N3O2S/c1-13(26-29(27)21(2,3)4)16-9-14-10-17(22)19(11-18(14)25-20(16)23)28-12-15-7-5-6-8-24-15/h5-11,13,26H,12H2,1-4H3. The maximum absolute atomic E-state index is 12.4. The van der Waals surface area contributed by atoms with Crippen molar-refractivity contribution in [1.82, 2.24) is 14.7 Å². The summed E-state index contributed by atoms with van der Waals surface area (Å²) in [7, 11) is -1.23. The molecule has 0 aliphatic heterocycles. The summed E-state index contributed by atoms with van der Waals surface area (Å²) in [5.41, 5.74) is 2.23. The molecular weight excluding hydrogens is 429 g/mol. The first-order valence-electron chi connectivity index (χ1n) is 9.15. The molecule has 0 spiro atoms. The Hall–Kier alpha value is -1.73. The first kappa shape index (κ1) is 22.0. The van der Waals surface area contributed by atoms with Crippen molar-refractivity contribution in [3.05, 3.63) is 64.0 Å². The Morgan fingerprint density at radius 1 is 1.21 bits per heavy atom. The van der Waals surface area contributed by atoms with Gasteiger partial charge >= 0.3 is 0 Å². The van der Waals surface area contributed by atoms with Crippen LogP contribution in [0.5, 0.6) is 5.75 Å². The number of pyridine rings is 2. The van der Waals surface area contributed by atoms with Crippen LogP contribution in [0.4, 0.5) is 0 Å². The molecule has 0 saturated carbocycles. The van der Waals surface area contributed by atoms with Crippen molar-refractivity contribution < 1.29 is 8.95 Å². The lowest BCUT2D eigenvalue weighted by molar-refractivity contribution is 0.302. The van der Waals surface area contributed by atoms with E-state index < -0.39 is 11.0 Å². The van der Waals surface area contributed by atoms with Gasteiger partial charge in [-0.15, -0.1) is 0 Å². The minimum absolute atomic E-state index is 0.238. The molecule has 1 aromatic carbocycles. The van der Waals surface area contributed by atoms with Crippen LogP contribution in [0, 0.1) is 0 Å². The lowest BCUT2D eigenvalue weighted by Gasteiger charge is -2.22. The summed E-state index contributed by atoms with van der Waals surface area (Å²) in [6.45, 7) is 7.95. The topological polar surface area (TPSA) is 64.1 Å². The third-order valence-electron chi connectivity index (χ3n) is 4.26. The monoisotopic (exact) mass is 451 g/mol. The zero-order valence-corrected chi connectivity index (χ0v) is 19.0. The molecule has 0 aliphatic rings. The van der Waals surface area contributed by atoms with Crippen LogP contribution >= 0.6 is 23.2 Å². The third-order valence-corrected chi connectivity index (χ3v) is 6.54. The Morgan fingerprint density at radius 2 is 1.97 bits per heavy atom. The normalized spacial score (nSPS) is 14.0. The summed E-state index contributed by atoms with van der Waals surface area (Å²) in [5.74, 6) is 0.515. The number of hydrogen-bond donors (Lipinski definition) is 1. The molecule has 8 heteroatoms. The molecule has 5 nitrogen and oxygen atoms in total. The second-order valence-corrected chi connectivity index (χ2v) is 10.4. The number of fused-ring (bicyclic) bond motifs is 1. The van der Waals surface area contributed by atoms with Crippen LogP contribution in [0.1, 0.15) is 45.0 Å². The SMILES string of the molecule is CC(NS(=O)C(C)(C)C)c1cc2cc(Cl)c(OCc3ccccn3)cc2nc1Cl. The second kappa shape index (κ2) is 8.96. The van der Waals surface area contributed by atoms with Crippen molar-refractivity contribution in [2.75, 3.05) is 0 Å². The Kier molecular flexibility index (Phi) is 6.79. The predicted molar refractivity (Wildman–Crippen MR) is 120 cm³/mol. The fourth-order valence-corrected chi connectivity index (χ4v) is 3.96. The van der Waals surface area contributed by atoms with Gasteiger partial charge in [0.05, 0.1) is 32.0 Å². The summed E-state index contributed by atoms with van der Waals surface area (Å²) < 4.78 is 20.9. The van der Waals surface area contributed by atoms with E-state index in [1.54, 1.807) is 18.3 Å². The van der Waals surface area contributed by atoms with E-state index in [1.807, 2.05) is 52.0 Å². The molecule has 0 radical (unpaired) electrons. The van der Waals surface area contributed by atoms with E-state index in [0.717, 1.165) is 16.6 Å². The van der Waals surface area contributed by atoms with Crippen molar-refractivity contribution in [1.29, 1.82) is 0 Å². The fourth-order valence-electron chi connectivity index (χ4n) is 2.62. The summed E-state index contributed by atoms with van der Waals surface area (Å²) in [4.78, 5) is 8.73.